The first-order valence-corrected chi connectivity index (χ1v) is 22.7. The van der Waals surface area contributed by atoms with Gasteiger partial charge in [-0.25, -0.2) is 0 Å². The zero-order valence-corrected chi connectivity index (χ0v) is 33.9. The number of allylic oxidation sites excluding steroid dienone is 16. The molecule has 10 aliphatic rings. The number of likely N-dealkylation sites (tertiary alicyclic amines) is 1. The van der Waals surface area contributed by atoms with Crippen LogP contribution in [0.1, 0.15) is 80.4 Å². The molecule has 0 N–H and O–H groups in total. The minimum atomic E-state index is 0.374. The van der Waals surface area contributed by atoms with Crippen molar-refractivity contribution in [1.82, 2.24) is 4.90 Å². The Bertz CT molecular complexity index is 2380. The Morgan fingerprint density at radius 3 is 2.43 bits per heavy atom. The number of rotatable bonds is 6. The van der Waals surface area contributed by atoms with E-state index >= 15 is 0 Å². The fourth-order valence-corrected chi connectivity index (χ4v) is 13.2. The number of nitrogens with zero attached hydrogens (tertiary/aromatic N) is 2. The summed E-state index contributed by atoms with van der Waals surface area (Å²) in [6.07, 6.45) is 54.9. The zero-order valence-electron chi connectivity index (χ0n) is 33.9. The third-order valence-electron chi connectivity index (χ3n) is 15.7. The first kappa shape index (κ1) is 35.1. The van der Waals surface area contributed by atoms with E-state index in [1.54, 1.807) is 16.7 Å². The molecular formula is C56H56N2. The highest BCUT2D eigenvalue weighted by Crippen LogP contribution is 2.65. The summed E-state index contributed by atoms with van der Waals surface area (Å²) >= 11 is 0. The number of benzene rings is 2. The molecule has 1 saturated carbocycles. The number of hydrogen-bond donors (Lipinski definition) is 0. The van der Waals surface area contributed by atoms with Crippen LogP contribution in [0.25, 0.3) is 5.57 Å². The van der Waals surface area contributed by atoms with Crippen LogP contribution in [0, 0.1) is 29.6 Å². The van der Waals surface area contributed by atoms with Crippen molar-refractivity contribution in [1.29, 1.82) is 0 Å². The third-order valence-corrected chi connectivity index (χ3v) is 15.7. The monoisotopic (exact) mass is 756 g/mol. The van der Waals surface area contributed by atoms with Crippen LogP contribution < -0.4 is 4.90 Å². The van der Waals surface area contributed by atoms with Crippen LogP contribution in [0.4, 0.5) is 5.69 Å². The van der Waals surface area contributed by atoms with Crippen LogP contribution in [-0.2, 0) is 0 Å². The van der Waals surface area contributed by atoms with Crippen LogP contribution in [-0.4, -0.2) is 35.1 Å². The van der Waals surface area contributed by atoms with Gasteiger partial charge in [0.2, 0.25) is 0 Å². The van der Waals surface area contributed by atoms with E-state index in [0.29, 0.717) is 71.6 Å². The van der Waals surface area contributed by atoms with Gasteiger partial charge >= 0.3 is 0 Å². The Morgan fingerprint density at radius 2 is 1.53 bits per heavy atom. The standard InChI is InChI=1S/C56H56N2/c1-36-15-12-21-40(31-36)48-34-43(35-50-54(55(48)50)38-18-6-3-7-19-38)58-52-28-11-8-23-45(52)47-26-14-25-44(56(47)58)41-29-30-53-49(33-41)46-24-9-10-27-51(46)57(53)42-22-13-20-39(32-42)37-16-4-2-5-17-37/h2-4,6-7,9-16,18-21,24-30,32-34,36,42-43,45-46,49-55H,5,8,17,22-23,31,35H2,1H3/t36-,42?,43?,45?,46?,49?,50?,51?,52?,53?,54?,55?/m1/s1. The summed E-state index contributed by atoms with van der Waals surface area (Å²) in [5.74, 6) is 3.99. The molecule has 0 spiro atoms. The second kappa shape index (κ2) is 14.1. The smallest absolute Gasteiger partial charge is 0.0549 e. The van der Waals surface area contributed by atoms with Gasteiger partial charge in [-0.2, -0.15) is 0 Å². The Morgan fingerprint density at radius 1 is 0.638 bits per heavy atom. The minimum Gasteiger partial charge on any atom is -0.357 e. The van der Waals surface area contributed by atoms with Crippen molar-refractivity contribution in [3.8, 4) is 0 Å². The maximum atomic E-state index is 2.94. The summed E-state index contributed by atoms with van der Waals surface area (Å²) in [5, 5.41) is 0. The van der Waals surface area contributed by atoms with Gasteiger partial charge in [-0.05, 0) is 108 Å². The molecule has 0 bridgehead atoms. The second-order valence-corrected chi connectivity index (χ2v) is 18.9. The molecule has 2 heterocycles. The molecule has 12 atom stereocenters. The van der Waals surface area contributed by atoms with Gasteiger partial charge in [-0.15, -0.1) is 0 Å². The Balaban J connectivity index is 0.923. The first-order chi connectivity index (χ1) is 28.7. The highest BCUT2D eigenvalue weighted by atomic mass is 15.3. The summed E-state index contributed by atoms with van der Waals surface area (Å²) in [5.41, 5.74) is 13.6. The minimum absolute atomic E-state index is 0.374. The summed E-state index contributed by atoms with van der Waals surface area (Å²) in [4.78, 5) is 5.80. The third kappa shape index (κ3) is 5.69. The Labute approximate surface area is 346 Å². The van der Waals surface area contributed by atoms with Crippen molar-refractivity contribution < 1.29 is 0 Å². The molecule has 2 fully saturated rings. The molecule has 8 aliphatic carbocycles. The average molecular weight is 757 g/mol. The van der Waals surface area contributed by atoms with E-state index in [9.17, 15) is 0 Å². The SMILES string of the molecule is C[C@@H]1C=CC=C(C2=CC(N3c4c(C5=CC6C7C=CC=CC7N(C7C=C(C8=CC=CCC8)C=CC7)C6C=C5)cccc4C4CCC=CC43)CC3C2C3c2ccccc2)C1. The number of para-hydroxylation sites is 1. The molecule has 2 aromatic rings. The lowest BCUT2D eigenvalue weighted by atomic mass is 9.80. The number of anilines is 1. The van der Waals surface area contributed by atoms with Gasteiger partial charge in [-0.3, -0.25) is 4.90 Å². The molecule has 12 rings (SSSR count). The fraction of sp³-hybridized carbons (Fsp3) is 0.357. The summed E-state index contributed by atoms with van der Waals surface area (Å²) < 4.78 is 0. The molecule has 2 aliphatic heterocycles. The van der Waals surface area contributed by atoms with Crippen molar-refractivity contribution in [2.75, 3.05) is 4.90 Å². The lowest BCUT2D eigenvalue weighted by molar-refractivity contribution is 0.192. The van der Waals surface area contributed by atoms with Gasteiger partial charge < -0.3 is 4.90 Å². The molecule has 0 aromatic heterocycles. The maximum absolute atomic E-state index is 2.94. The highest BCUT2D eigenvalue weighted by Gasteiger charge is 2.57. The second-order valence-electron chi connectivity index (χ2n) is 18.9. The molecule has 2 aromatic carbocycles. The van der Waals surface area contributed by atoms with Crippen molar-refractivity contribution in [3.05, 3.63) is 203 Å². The van der Waals surface area contributed by atoms with Gasteiger partial charge in [0.15, 0.2) is 0 Å². The van der Waals surface area contributed by atoms with Gasteiger partial charge in [0.1, 0.15) is 0 Å². The van der Waals surface area contributed by atoms with Crippen molar-refractivity contribution >= 4 is 11.3 Å². The van der Waals surface area contributed by atoms with Crippen LogP contribution in [0.5, 0.6) is 0 Å². The van der Waals surface area contributed by atoms with Gasteiger partial charge in [-0.1, -0.05) is 171 Å². The molecule has 58 heavy (non-hydrogen) atoms. The van der Waals surface area contributed by atoms with Crippen LogP contribution >= 0.6 is 0 Å². The quantitative estimate of drug-likeness (QED) is 0.271. The normalized spacial score (nSPS) is 37.5. The molecule has 1 saturated heterocycles. The number of fused-ring (bicyclic) bond motifs is 7. The lowest BCUT2D eigenvalue weighted by Crippen LogP contribution is -2.44. The van der Waals surface area contributed by atoms with Crippen LogP contribution in [0.15, 0.2) is 186 Å². The van der Waals surface area contributed by atoms with E-state index in [-0.39, 0.29) is 0 Å². The van der Waals surface area contributed by atoms with Crippen molar-refractivity contribution in [3.63, 3.8) is 0 Å². The van der Waals surface area contributed by atoms with Crippen molar-refractivity contribution in [2.24, 2.45) is 29.6 Å². The van der Waals surface area contributed by atoms with E-state index in [1.165, 1.54) is 52.8 Å². The molecule has 11 unspecified atom stereocenters. The summed E-state index contributed by atoms with van der Waals surface area (Å²) in [6, 6.07) is 20.8. The molecule has 2 nitrogen and oxygen atoms in total. The van der Waals surface area contributed by atoms with Crippen LogP contribution in [0.3, 0.4) is 0 Å². The average Bonchev–Trinajstić information content (AvgIpc) is 3.78. The molecule has 290 valence electrons. The zero-order chi connectivity index (χ0) is 38.3. The van der Waals surface area contributed by atoms with E-state index in [1.807, 2.05) is 0 Å². The van der Waals surface area contributed by atoms with E-state index in [4.69, 9.17) is 0 Å². The predicted octanol–water partition coefficient (Wildman–Crippen LogP) is 12.5. The van der Waals surface area contributed by atoms with Gasteiger partial charge in [0.05, 0.1) is 6.04 Å². The topological polar surface area (TPSA) is 6.48 Å². The van der Waals surface area contributed by atoms with Crippen LogP contribution in [0.2, 0.25) is 0 Å². The summed E-state index contributed by atoms with van der Waals surface area (Å²) in [6.45, 7) is 2.39. The molecular weight excluding hydrogens is 701 g/mol. The predicted molar refractivity (Wildman–Crippen MR) is 241 cm³/mol. The lowest BCUT2D eigenvalue weighted by Gasteiger charge is -2.39. The van der Waals surface area contributed by atoms with Gasteiger partial charge in [0, 0.05) is 53.2 Å². The van der Waals surface area contributed by atoms with E-state index < -0.39 is 0 Å². The Kier molecular flexibility index (Phi) is 8.54. The number of hydrogen-bond acceptors (Lipinski definition) is 2. The van der Waals surface area contributed by atoms with Crippen molar-refractivity contribution in [2.45, 2.75) is 93.9 Å². The fourth-order valence-electron chi connectivity index (χ4n) is 13.2. The van der Waals surface area contributed by atoms with E-state index in [0.717, 1.165) is 25.7 Å². The van der Waals surface area contributed by atoms with E-state index in [2.05, 4.69) is 181 Å². The molecule has 0 amide bonds. The largest absolute Gasteiger partial charge is 0.357 e. The highest BCUT2D eigenvalue weighted by molar-refractivity contribution is 5.88. The Hall–Kier alpha value is -4.92. The molecule has 0 radical (unpaired) electrons. The van der Waals surface area contributed by atoms with Gasteiger partial charge in [0.25, 0.3) is 0 Å². The molecule has 2 heteroatoms. The first-order valence-electron chi connectivity index (χ1n) is 22.7. The maximum Gasteiger partial charge on any atom is 0.0549 e. The summed E-state index contributed by atoms with van der Waals surface area (Å²) in [7, 11) is 0.